The predicted octanol–water partition coefficient (Wildman–Crippen LogP) is 2.60. The van der Waals surface area contributed by atoms with Gasteiger partial charge in [0.1, 0.15) is 6.04 Å². The molecule has 0 aliphatic rings. The van der Waals surface area contributed by atoms with Gasteiger partial charge in [-0.2, -0.15) is 15.0 Å². The maximum Gasteiger partial charge on any atom is 0.329 e. The van der Waals surface area contributed by atoms with E-state index in [1.165, 1.54) is 12.3 Å². The number of nitrogens with zero attached hydrogens (tertiary/aromatic N) is 3. The summed E-state index contributed by atoms with van der Waals surface area (Å²) in [5.41, 5.74) is 7.66. The van der Waals surface area contributed by atoms with E-state index in [0.717, 1.165) is 11.3 Å². The first kappa shape index (κ1) is 21.8. The zero-order valence-corrected chi connectivity index (χ0v) is 17.5. The Bertz CT molecular complexity index is 1030. The van der Waals surface area contributed by atoms with E-state index in [0.29, 0.717) is 0 Å². The van der Waals surface area contributed by atoms with Crippen LogP contribution in [0.2, 0.25) is 0 Å². The van der Waals surface area contributed by atoms with Gasteiger partial charge in [-0.25, -0.2) is 4.79 Å². The van der Waals surface area contributed by atoms with Gasteiger partial charge in [-0.1, -0.05) is 31.5 Å². The molecule has 1 atom stereocenters. The van der Waals surface area contributed by atoms with Gasteiger partial charge in [-0.15, -0.1) is 0 Å². The van der Waals surface area contributed by atoms with E-state index in [1.54, 1.807) is 19.9 Å². The molecule has 0 spiro atoms. The van der Waals surface area contributed by atoms with Gasteiger partial charge in [-0.3, -0.25) is 4.79 Å². The molecule has 0 fully saturated rings. The van der Waals surface area contributed by atoms with Crippen LogP contribution in [-0.2, 0) is 16.1 Å². The molecule has 0 saturated heterocycles. The van der Waals surface area contributed by atoms with Gasteiger partial charge >= 0.3 is 5.97 Å². The van der Waals surface area contributed by atoms with Crippen molar-refractivity contribution in [3.63, 3.8) is 0 Å². The highest BCUT2D eigenvalue weighted by Crippen LogP contribution is 2.15. The van der Waals surface area contributed by atoms with Crippen molar-refractivity contribution in [3.8, 4) is 0 Å². The summed E-state index contributed by atoms with van der Waals surface area (Å²) in [5.74, 6) is -0.841. The van der Waals surface area contributed by atoms with E-state index in [1.807, 2.05) is 31.2 Å². The van der Waals surface area contributed by atoms with Crippen LogP contribution in [-0.4, -0.2) is 32.9 Å². The largest absolute Gasteiger partial charge is 0.459 e. The first-order valence-corrected chi connectivity index (χ1v) is 9.67. The van der Waals surface area contributed by atoms with Gasteiger partial charge in [0.2, 0.25) is 11.9 Å². The molecule has 0 aliphatic heterocycles. The molecule has 162 valence electrons. The molecular formula is C21H24N6O4. The highest BCUT2D eigenvalue weighted by molar-refractivity contribution is 5.94. The highest BCUT2D eigenvalue weighted by atomic mass is 16.5. The summed E-state index contributed by atoms with van der Waals surface area (Å²) in [6.45, 7) is 5.34. The number of carbonyl (C=O) groups is 2. The third-order valence-corrected chi connectivity index (χ3v) is 4.30. The number of aryl methyl sites for hydroxylation is 1. The summed E-state index contributed by atoms with van der Waals surface area (Å²) < 4.78 is 10.4. The standard InChI is InChI=1S/C21H24N6O4/c1-12(2)17(26-18(28)15-5-4-10-30-15)19(29)31-11-16-24-20(22)27-21(25-16)23-14-8-6-13(3)7-9-14/h4-10,12,17H,11H2,1-3H3,(H,26,28)(H3,22,23,24,25,27)/t17-/m0/s1. The molecule has 0 bridgehead atoms. The third-order valence-electron chi connectivity index (χ3n) is 4.30. The summed E-state index contributed by atoms with van der Waals surface area (Å²) in [7, 11) is 0. The van der Waals surface area contributed by atoms with Crippen LogP contribution >= 0.6 is 0 Å². The maximum atomic E-state index is 12.6. The molecule has 3 aromatic rings. The number of aromatic nitrogens is 3. The van der Waals surface area contributed by atoms with Gasteiger partial charge in [-0.05, 0) is 37.1 Å². The second kappa shape index (κ2) is 9.70. The summed E-state index contributed by atoms with van der Waals surface area (Å²) in [4.78, 5) is 37.1. The van der Waals surface area contributed by atoms with Gasteiger partial charge in [0.15, 0.2) is 18.2 Å². The Hall–Kier alpha value is -3.95. The topological polar surface area (TPSA) is 145 Å². The molecule has 1 amide bonds. The second-order valence-corrected chi connectivity index (χ2v) is 7.20. The number of amides is 1. The number of hydrogen-bond donors (Lipinski definition) is 3. The lowest BCUT2D eigenvalue weighted by molar-refractivity contribution is -0.148. The number of carbonyl (C=O) groups excluding carboxylic acids is 2. The summed E-state index contributed by atoms with van der Waals surface area (Å²) in [5, 5.41) is 5.65. The minimum atomic E-state index is -0.873. The predicted molar refractivity (Wildman–Crippen MR) is 113 cm³/mol. The fourth-order valence-electron chi connectivity index (χ4n) is 2.67. The first-order chi connectivity index (χ1) is 14.8. The number of hydrogen-bond acceptors (Lipinski definition) is 9. The Morgan fingerprint density at radius 2 is 1.87 bits per heavy atom. The monoisotopic (exact) mass is 424 g/mol. The zero-order chi connectivity index (χ0) is 22.4. The molecule has 2 heterocycles. The Kier molecular flexibility index (Phi) is 6.81. The zero-order valence-electron chi connectivity index (χ0n) is 17.5. The lowest BCUT2D eigenvalue weighted by Crippen LogP contribution is -2.45. The van der Waals surface area contributed by atoms with E-state index in [-0.39, 0.29) is 36.0 Å². The molecular weight excluding hydrogens is 400 g/mol. The van der Waals surface area contributed by atoms with Crippen LogP contribution in [0.5, 0.6) is 0 Å². The summed E-state index contributed by atoms with van der Waals surface area (Å²) in [6, 6.07) is 9.87. The van der Waals surface area contributed by atoms with Crippen LogP contribution < -0.4 is 16.4 Å². The average molecular weight is 424 g/mol. The van der Waals surface area contributed by atoms with Crippen molar-refractivity contribution in [3.05, 3.63) is 59.8 Å². The molecule has 0 radical (unpaired) electrons. The van der Waals surface area contributed by atoms with Crippen molar-refractivity contribution in [2.24, 2.45) is 5.92 Å². The maximum absolute atomic E-state index is 12.6. The lowest BCUT2D eigenvalue weighted by atomic mass is 10.0. The quantitative estimate of drug-likeness (QED) is 0.464. The van der Waals surface area contributed by atoms with E-state index in [9.17, 15) is 9.59 Å². The van der Waals surface area contributed by atoms with Crippen molar-refractivity contribution < 1.29 is 18.7 Å². The normalized spacial score (nSPS) is 11.7. The van der Waals surface area contributed by atoms with Gasteiger partial charge in [0, 0.05) is 5.69 Å². The average Bonchev–Trinajstić information content (AvgIpc) is 3.26. The van der Waals surface area contributed by atoms with Gasteiger partial charge < -0.3 is 25.5 Å². The number of nitrogens with one attached hydrogen (secondary N) is 2. The van der Waals surface area contributed by atoms with Crippen molar-refractivity contribution in [1.82, 2.24) is 20.3 Å². The summed E-state index contributed by atoms with van der Waals surface area (Å²) in [6.07, 6.45) is 1.38. The van der Waals surface area contributed by atoms with E-state index in [4.69, 9.17) is 14.9 Å². The Morgan fingerprint density at radius 3 is 2.52 bits per heavy atom. The molecule has 10 nitrogen and oxygen atoms in total. The van der Waals surface area contributed by atoms with Crippen LogP contribution in [0.15, 0.2) is 47.1 Å². The van der Waals surface area contributed by atoms with Crippen molar-refractivity contribution in [2.75, 3.05) is 11.1 Å². The van der Waals surface area contributed by atoms with Crippen molar-refractivity contribution in [1.29, 1.82) is 0 Å². The molecule has 1 aromatic carbocycles. The molecule has 10 heteroatoms. The van der Waals surface area contributed by atoms with Gasteiger partial charge in [0.25, 0.3) is 5.91 Å². The Labute approximate surface area is 179 Å². The van der Waals surface area contributed by atoms with Crippen LogP contribution in [0.4, 0.5) is 17.6 Å². The molecule has 3 rings (SSSR count). The molecule has 0 aliphatic carbocycles. The fourth-order valence-corrected chi connectivity index (χ4v) is 2.67. The minimum absolute atomic E-state index is 0.0119. The fraction of sp³-hybridized carbons (Fsp3) is 0.286. The van der Waals surface area contributed by atoms with E-state index >= 15 is 0 Å². The van der Waals surface area contributed by atoms with Gasteiger partial charge in [0.05, 0.1) is 6.26 Å². The highest BCUT2D eigenvalue weighted by Gasteiger charge is 2.27. The smallest absolute Gasteiger partial charge is 0.329 e. The van der Waals surface area contributed by atoms with Crippen LogP contribution in [0.1, 0.15) is 35.8 Å². The first-order valence-electron chi connectivity index (χ1n) is 9.67. The van der Waals surface area contributed by atoms with Crippen LogP contribution in [0, 0.1) is 12.8 Å². The number of furan rings is 1. The minimum Gasteiger partial charge on any atom is -0.459 e. The molecule has 0 unspecified atom stereocenters. The lowest BCUT2D eigenvalue weighted by Gasteiger charge is -2.20. The SMILES string of the molecule is Cc1ccc(Nc2nc(N)nc(COC(=O)[C@@H](NC(=O)c3ccco3)C(C)C)n2)cc1. The number of ether oxygens (including phenoxy) is 1. The summed E-state index contributed by atoms with van der Waals surface area (Å²) >= 11 is 0. The molecule has 2 aromatic heterocycles. The van der Waals surface area contributed by atoms with Crippen molar-refractivity contribution >= 4 is 29.5 Å². The van der Waals surface area contributed by atoms with Crippen LogP contribution in [0.25, 0.3) is 0 Å². The molecule has 0 saturated carbocycles. The number of rotatable bonds is 8. The number of nitrogen functional groups attached to an aromatic ring is 1. The number of anilines is 3. The van der Waals surface area contributed by atoms with E-state index < -0.39 is 17.9 Å². The Morgan fingerprint density at radius 1 is 1.13 bits per heavy atom. The molecule has 4 N–H and O–H groups in total. The van der Waals surface area contributed by atoms with Crippen molar-refractivity contribution in [2.45, 2.75) is 33.4 Å². The molecule has 31 heavy (non-hydrogen) atoms. The number of nitrogens with two attached hydrogens (primary N) is 1. The Balaban J connectivity index is 1.64. The number of benzene rings is 1. The second-order valence-electron chi connectivity index (χ2n) is 7.20. The number of esters is 1. The van der Waals surface area contributed by atoms with E-state index in [2.05, 4.69) is 25.6 Å². The van der Waals surface area contributed by atoms with Crippen LogP contribution in [0.3, 0.4) is 0 Å². The third kappa shape index (κ3) is 6.01.